The lowest BCUT2D eigenvalue weighted by molar-refractivity contribution is -0.141. The van der Waals surface area contributed by atoms with E-state index in [0.717, 1.165) is 32.1 Å². The van der Waals surface area contributed by atoms with Gasteiger partial charge in [0, 0.05) is 17.7 Å². The minimum Gasteiger partial charge on any atom is -0.457 e. The van der Waals surface area contributed by atoms with E-state index in [1.165, 1.54) is 11.0 Å². The number of hydrogen-bond acceptors (Lipinski definition) is 4. The third-order valence-electron chi connectivity index (χ3n) is 4.91. The summed E-state index contributed by atoms with van der Waals surface area (Å²) in [5.41, 5.74) is 2.03. The van der Waals surface area contributed by atoms with Gasteiger partial charge in [-0.05, 0) is 30.9 Å². The Bertz CT molecular complexity index is 787. The SMILES string of the molecule is C=C(C)C(=O)OCc1ccccc1C1=CC(=O)N(C2CCCCC2)C1=O. The number of nitrogens with zero attached hydrogens (tertiary/aromatic N) is 1. The number of ether oxygens (including phenoxy) is 1. The molecular formula is C21H23NO4. The molecule has 0 bridgehead atoms. The van der Waals surface area contributed by atoms with Gasteiger partial charge in [0.15, 0.2) is 0 Å². The van der Waals surface area contributed by atoms with Crippen LogP contribution in [0.2, 0.25) is 0 Å². The van der Waals surface area contributed by atoms with Crippen molar-refractivity contribution in [1.82, 2.24) is 4.90 Å². The number of carbonyl (C=O) groups excluding carboxylic acids is 3. The molecule has 0 N–H and O–H groups in total. The van der Waals surface area contributed by atoms with Crippen LogP contribution in [0.25, 0.3) is 5.57 Å². The number of rotatable bonds is 5. The molecule has 136 valence electrons. The van der Waals surface area contributed by atoms with Crippen molar-refractivity contribution in [3.05, 3.63) is 53.6 Å². The van der Waals surface area contributed by atoms with E-state index in [2.05, 4.69) is 6.58 Å². The highest BCUT2D eigenvalue weighted by Crippen LogP contribution is 2.32. The van der Waals surface area contributed by atoms with Gasteiger partial charge in [0.25, 0.3) is 11.8 Å². The molecule has 0 atom stereocenters. The number of hydrogen-bond donors (Lipinski definition) is 0. The molecule has 26 heavy (non-hydrogen) atoms. The molecule has 0 radical (unpaired) electrons. The van der Waals surface area contributed by atoms with Crippen molar-refractivity contribution in [3.63, 3.8) is 0 Å². The first-order chi connectivity index (χ1) is 12.5. The van der Waals surface area contributed by atoms with Crippen molar-refractivity contribution in [2.24, 2.45) is 0 Å². The van der Waals surface area contributed by atoms with Gasteiger partial charge in [0.2, 0.25) is 0 Å². The first kappa shape index (κ1) is 18.1. The molecule has 2 aliphatic rings. The van der Waals surface area contributed by atoms with E-state index in [-0.39, 0.29) is 24.5 Å². The van der Waals surface area contributed by atoms with Gasteiger partial charge in [-0.3, -0.25) is 14.5 Å². The number of imide groups is 1. The Morgan fingerprint density at radius 2 is 1.88 bits per heavy atom. The average Bonchev–Trinajstić information content (AvgIpc) is 2.94. The molecule has 1 aliphatic carbocycles. The summed E-state index contributed by atoms with van der Waals surface area (Å²) in [5.74, 6) is -0.974. The summed E-state index contributed by atoms with van der Waals surface area (Å²) in [6.45, 7) is 5.17. The second-order valence-corrected chi connectivity index (χ2v) is 6.88. The maximum absolute atomic E-state index is 12.9. The molecule has 1 heterocycles. The Morgan fingerprint density at radius 3 is 2.58 bits per heavy atom. The summed E-state index contributed by atoms with van der Waals surface area (Å²) < 4.78 is 5.22. The van der Waals surface area contributed by atoms with Crippen LogP contribution in [-0.4, -0.2) is 28.7 Å². The smallest absolute Gasteiger partial charge is 0.333 e. The zero-order chi connectivity index (χ0) is 18.7. The predicted molar refractivity (Wildman–Crippen MR) is 97.8 cm³/mol. The van der Waals surface area contributed by atoms with Crippen LogP contribution in [0.4, 0.5) is 0 Å². The maximum atomic E-state index is 12.9. The fourth-order valence-corrected chi connectivity index (χ4v) is 3.54. The molecule has 1 fully saturated rings. The topological polar surface area (TPSA) is 63.7 Å². The fraction of sp³-hybridized carbons (Fsp3) is 0.381. The monoisotopic (exact) mass is 353 g/mol. The second-order valence-electron chi connectivity index (χ2n) is 6.88. The van der Waals surface area contributed by atoms with Crippen molar-refractivity contribution in [2.45, 2.75) is 51.7 Å². The molecule has 5 nitrogen and oxygen atoms in total. The third-order valence-corrected chi connectivity index (χ3v) is 4.91. The molecule has 0 spiro atoms. The molecule has 1 aromatic rings. The summed E-state index contributed by atoms with van der Waals surface area (Å²) in [4.78, 5) is 38.5. The van der Waals surface area contributed by atoms with E-state index in [1.54, 1.807) is 25.1 Å². The van der Waals surface area contributed by atoms with Crippen LogP contribution in [-0.2, 0) is 25.7 Å². The maximum Gasteiger partial charge on any atom is 0.333 e. The Morgan fingerprint density at radius 1 is 1.19 bits per heavy atom. The largest absolute Gasteiger partial charge is 0.457 e. The summed E-state index contributed by atoms with van der Waals surface area (Å²) in [7, 11) is 0. The molecule has 3 rings (SSSR count). The van der Waals surface area contributed by atoms with Crippen LogP contribution in [0.15, 0.2) is 42.5 Å². The summed E-state index contributed by atoms with van der Waals surface area (Å²) in [6, 6.07) is 7.19. The van der Waals surface area contributed by atoms with Crippen molar-refractivity contribution in [3.8, 4) is 0 Å². The molecule has 5 heteroatoms. The quantitative estimate of drug-likeness (QED) is 0.462. The first-order valence-electron chi connectivity index (χ1n) is 8.99. The van der Waals surface area contributed by atoms with E-state index in [1.807, 2.05) is 6.07 Å². The standard InChI is InChI=1S/C21H23NO4/c1-14(2)21(25)26-13-15-8-6-7-11-17(15)18-12-19(23)22(20(18)24)16-9-4-3-5-10-16/h6-8,11-12,16H,1,3-5,9-10,13H2,2H3. The lowest BCUT2D eigenvalue weighted by Crippen LogP contribution is -2.41. The molecule has 0 unspecified atom stereocenters. The molecule has 1 aliphatic heterocycles. The lowest BCUT2D eigenvalue weighted by Gasteiger charge is -2.29. The average molecular weight is 353 g/mol. The number of benzene rings is 1. The van der Waals surface area contributed by atoms with Gasteiger partial charge in [-0.2, -0.15) is 0 Å². The van der Waals surface area contributed by atoms with Gasteiger partial charge < -0.3 is 4.74 Å². The highest BCUT2D eigenvalue weighted by atomic mass is 16.5. The van der Waals surface area contributed by atoms with Crippen molar-refractivity contribution in [1.29, 1.82) is 0 Å². The summed E-state index contributed by atoms with van der Waals surface area (Å²) in [5, 5.41) is 0. The Hall–Kier alpha value is -2.69. The Balaban J connectivity index is 1.82. The Kier molecular flexibility index (Phi) is 5.35. The number of carbonyl (C=O) groups is 3. The highest BCUT2D eigenvalue weighted by molar-refractivity contribution is 6.33. The number of amides is 2. The minimum absolute atomic E-state index is 0.00842. The van der Waals surface area contributed by atoms with Gasteiger partial charge >= 0.3 is 5.97 Å². The molecule has 1 saturated carbocycles. The van der Waals surface area contributed by atoms with Crippen molar-refractivity contribution >= 4 is 23.4 Å². The van der Waals surface area contributed by atoms with E-state index in [0.29, 0.717) is 22.3 Å². The highest BCUT2D eigenvalue weighted by Gasteiger charge is 2.37. The van der Waals surface area contributed by atoms with Crippen LogP contribution < -0.4 is 0 Å². The lowest BCUT2D eigenvalue weighted by atomic mass is 9.94. The van der Waals surface area contributed by atoms with Gasteiger partial charge in [0.1, 0.15) is 6.61 Å². The fourth-order valence-electron chi connectivity index (χ4n) is 3.54. The number of esters is 1. The van der Waals surface area contributed by atoms with Crippen LogP contribution in [0.1, 0.15) is 50.2 Å². The third kappa shape index (κ3) is 3.62. The first-order valence-corrected chi connectivity index (χ1v) is 8.99. The van der Waals surface area contributed by atoms with E-state index < -0.39 is 5.97 Å². The van der Waals surface area contributed by atoms with Crippen LogP contribution >= 0.6 is 0 Å². The summed E-state index contributed by atoms with van der Waals surface area (Å²) >= 11 is 0. The van der Waals surface area contributed by atoms with Gasteiger partial charge in [0.05, 0.1) is 5.57 Å². The van der Waals surface area contributed by atoms with E-state index in [4.69, 9.17) is 4.74 Å². The van der Waals surface area contributed by atoms with Gasteiger partial charge in [-0.25, -0.2) is 4.79 Å². The van der Waals surface area contributed by atoms with Crippen molar-refractivity contribution in [2.75, 3.05) is 0 Å². The van der Waals surface area contributed by atoms with E-state index in [9.17, 15) is 14.4 Å². The Labute approximate surface area is 153 Å². The molecular weight excluding hydrogens is 330 g/mol. The van der Waals surface area contributed by atoms with Gasteiger partial charge in [-0.1, -0.05) is 50.1 Å². The van der Waals surface area contributed by atoms with Crippen LogP contribution in [0.3, 0.4) is 0 Å². The molecule has 2 amide bonds. The minimum atomic E-state index is -0.480. The van der Waals surface area contributed by atoms with Crippen LogP contribution in [0, 0.1) is 0 Å². The normalized spacial score (nSPS) is 18.0. The zero-order valence-electron chi connectivity index (χ0n) is 15.0. The zero-order valence-corrected chi connectivity index (χ0v) is 15.0. The summed E-state index contributed by atoms with van der Waals surface area (Å²) in [6.07, 6.45) is 6.40. The van der Waals surface area contributed by atoms with Crippen LogP contribution in [0.5, 0.6) is 0 Å². The molecule has 0 saturated heterocycles. The van der Waals surface area contributed by atoms with E-state index >= 15 is 0 Å². The van der Waals surface area contributed by atoms with Crippen molar-refractivity contribution < 1.29 is 19.1 Å². The predicted octanol–water partition coefficient (Wildman–Crippen LogP) is 3.39. The van der Waals surface area contributed by atoms with Gasteiger partial charge in [-0.15, -0.1) is 0 Å². The molecule has 1 aromatic carbocycles. The second kappa shape index (κ2) is 7.68. The molecule has 0 aromatic heterocycles.